The van der Waals surface area contributed by atoms with Crippen LogP contribution in [0.2, 0.25) is 0 Å². The second kappa shape index (κ2) is 45.6. The fourth-order valence-corrected chi connectivity index (χ4v) is 7.18. The van der Waals surface area contributed by atoms with Crippen LogP contribution in [0.25, 0.3) is 35.7 Å². The first-order valence-corrected chi connectivity index (χ1v) is 29.1. The molecule has 0 unspecified atom stereocenters. The first kappa shape index (κ1) is 70.8. The molecule has 22 nitrogen and oxygen atoms in total. The third-order valence-electron chi connectivity index (χ3n) is 12.3. The standard InChI is InChI=1S/C62H95N5O17/c1-8-48(3)46-83-55-45-54(56(84-47-49(4)9-2)44-53(55)16-12-50-10-14-52(15-11-50)60-65-61(63)67-62(64)66-60)17-13-51-42-57(80-39-36-77-33-30-74-27-24-71-21-18-68-5)59(82-41-38-79-35-32-76-29-26-73-23-20-70-7)58(43-51)81-40-37-78-34-31-75-28-25-72-22-19-69-6/h10-17,42-45,48-49H,8-9,18-41,46-47H2,1-7H3,(H4,63,64,65,66,67)/b16-12+,17-13+/t48-,49-/m0/s1. The zero-order chi connectivity index (χ0) is 60.1. The summed E-state index contributed by atoms with van der Waals surface area (Å²) in [5.74, 6) is 3.82. The molecule has 0 amide bonds. The minimum Gasteiger partial charge on any atom is -0.493 e. The van der Waals surface area contributed by atoms with Crippen LogP contribution < -0.4 is 35.2 Å². The molecule has 22 heteroatoms. The van der Waals surface area contributed by atoms with Gasteiger partial charge in [-0.1, -0.05) is 89.1 Å². The lowest BCUT2D eigenvalue weighted by Crippen LogP contribution is -2.16. The average molecular weight is 1180 g/mol. The average Bonchev–Trinajstić information content (AvgIpc) is 3.70. The van der Waals surface area contributed by atoms with Crippen LogP contribution in [0.15, 0.2) is 48.5 Å². The zero-order valence-corrected chi connectivity index (χ0v) is 50.8. The molecule has 0 radical (unpaired) electrons. The molecular weight excluding hydrogens is 1090 g/mol. The Bertz CT molecular complexity index is 2310. The molecule has 4 rings (SSSR count). The van der Waals surface area contributed by atoms with Crippen molar-refractivity contribution in [2.75, 3.05) is 205 Å². The Morgan fingerprint density at radius 2 is 0.702 bits per heavy atom. The van der Waals surface area contributed by atoms with E-state index in [1.54, 1.807) is 21.3 Å². The second-order valence-corrected chi connectivity index (χ2v) is 19.1. The third-order valence-corrected chi connectivity index (χ3v) is 12.3. The number of ether oxygens (including phenoxy) is 17. The maximum absolute atomic E-state index is 6.64. The lowest BCUT2D eigenvalue weighted by atomic mass is 10.0. The van der Waals surface area contributed by atoms with E-state index in [0.29, 0.717) is 179 Å². The molecule has 470 valence electrons. The van der Waals surface area contributed by atoms with Gasteiger partial charge in [0.05, 0.1) is 152 Å². The molecule has 4 N–H and O–H groups in total. The number of nitrogens with two attached hydrogens (primary N) is 2. The van der Waals surface area contributed by atoms with Crippen molar-refractivity contribution in [2.45, 2.75) is 40.5 Å². The smallest absolute Gasteiger partial charge is 0.225 e. The molecule has 0 aliphatic carbocycles. The summed E-state index contributed by atoms with van der Waals surface area (Å²) < 4.78 is 98.9. The number of aromatic nitrogens is 3. The van der Waals surface area contributed by atoms with E-state index in [0.717, 1.165) is 40.7 Å². The number of methoxy groups -OCH3 is 3. The van der Waals surface area contributed by atoms with E-state index in [1.807, 2.05) is 72.8 Å². The molecule has 0 aliphatic heterocycles. The molecule has 0 fully saturated rings. The van der Waals surface area contributed by atoms with E-state index in [9.17, 15) is 0 Å². The van der Waals surface area contributed by atoms with Crippen molar-refractivity contribution in [1.82, 2.24) is 15.0 Å². The number of anilines is 2. The predicted molar refractivity (Wildman–Crippen MR) is 324 cm³/mol. The number of rotatable bonds is 52. The number of benzene rings is 3. The monoisotopic (exact) mass is 1180 g/mol. The van der Waals surface area contributed by atoms with Gasteiger partial charge in [0, 0.05) is 38.0 Å². The highest BCUT2D eigenvalue weighted by molar-refractivity contribution is 5.80. The van der Waals surface area contributed by atoms with Crippen molar-refractivity contribution >= 4 is 36.2 Å². The summed E-state index contributed by atoms with van der Waals surface area (Å²) in [5.41, 5.74) is 15.8. The minimum atomic E-state index is 0.0588. The second-order valence-electron chi connectivity index (χ2n) is 19.1. The third kappa shape index (κ3) is 30.9. The van der Waals surface area contributed by atoms with E-state index < -0.39 is 0 Å². The van der Waals surface area contributed by atoms with Gasteiger partial charge in [0.15, 0.2) is 17.3 Å². The zero-order valence-electron chi connectivity index (χ0n) is 50.8. The highest BCUT2D eigenvalue weighted by Gasteiger charge is 2.18. The van der Waals surface area contributed by atoms with Crippen molar-refractivity contribution < 1.29 is 80.5 Å². The molecular formula is C62H95N5O17. The van der Waals surface area contributed by atoms with E-state index in [1.165, 1.54) is 0 Å². The van der Waals surface area contributed by atoms with Crippen molar-refractivity contribution in [3.05, 3.63) is 70.8 Å². The summed E-state index contributed by atoms with van der Waals surface area (Å²) in [6.07, 6.45) is 9.97. The highest BCUT2D eigenvalue weighted by atomic mass is 16.6. The van der Waals surface area contributed by atoms with Gasteiger partial charge in [-0.15, -0.1) is 0 Å². The summed E-state index contributed by atoms with van der Waals surface area (Å²) in [5, 5.41) is 0. The van der Waals surface area contributed by atoms with Gasteiger partial charge in [-0.05, 0) is 47.2 Å². The normalized spacial score (nSPS) is 12.4. The molecule has 3 aromatic carbocycles. The molecule has 4 aromatic rings. The number of nitrogen functional groups attached to an aromatic ring is 2. The number of hydrogen-bond acceptors (Lipinski definition) is 22. The van der Waals surface area contributed by atoms with Gasteiger partial charge in [0.2, 0.25) is 17.6 Å². The maximum Gasteiger partial charge on any atom is 0.225 e. The molecule has 1 aromatic heterocycles. The van der Waals surface area contributed by atoms with Gasteiger partial charge in [0.1, 0.15) is 31.3 Å². The molecule has 0 bridgehead atoms. The van der Waals surface area contributed by atoms with Gasteiger partial charge in [-0.25, -0.2) is 0 Å². The molecule has 1 heterocycles. The van der Waals surface area contributed by atoms with E-state index in [2.05, 4.69) is 42.6 Å². The maximum atomic E-state index is 6.64. The lowest BCUT2D eigenvalue weighted by Gasteiger charge is -2.19. The molecule has 0 aliphatic rings. The fourth-order valence-electron chi connectivity index (χ4n) is 7.18. The Labute approximate surface area is 497 Å². The predicted octanol–water partition coefficient (Wildman–Crippen LogP) is 8.12. The van der Waals surface area contributed by atoms with Gasteiger partial charge < -0.3 is 92.0 Å². The Balaban J connectivity index is 1.64. The Kier molecular flexibility index (Phi) is 38.4. The Morgan fingerprint density at radius 3 is 1.06 bits per heavy atom. The first-order valence-electron chi connectivity index (χ1n) is 29.1. The lowest BCUT2D eigenvalue weighted by molar-refractivity contribution is -0.00160. The Morgan fingerprint density at radius 1 is 0.369 bits per heavy atom. The van der Waals surface area contributed by atoms with Gasteiger partial charge in [-0.2, -0.15) is 15.0 Å². The van der Waals surface area contributed by atoms with Gasteiger partial charge >= 0.3 is 0 Å². The van der Waals surface area contributed by atoms with Crippen LogP contribution in [0.1, 0.15) is 62.8 Å². The fraction of sp³-hybridized carbons (Fsp3) is 0.597. The number of nitrogens with zero attached hydrogens (tertiary/aromatic N) is 3. The summed E-state index contributed by atoms with van der Waals surface area (Å²) in [6.45, 7) is 19.4. The van der Waals surface area contributed by atoms with Crippen molar-refractivity contribution in [1.29, 1.82) is 0 Å². The van der Waals surface area contributed by atoms with Crippen molar-refractivity contribution in [2.24, 2.45) is 11.8 Å². The van der Waals surface area contributed by atoms with Crippen LogP contribution in [-0.4, -0.2) is 208 Å². The van der Waals surface area contributed by atoms with Crippen LogP contribution in [0.4, 0.5) is 11.9 Å². The summed E-state index contributed by atoms with van der Waals surface area (Å²) in [6, 6.07) is 15.7. The van der Waals surface area contributed by atoms with Crippen LogP contribution in [0, 0.1) is 11.8 Å². The van der Waals surface area contributed by atoms with Crippen LogP contribution in [0.5, 0.6) is 28.7 Å². The van der Waals surface area contributed by atoms with E-state index in [-0.39, 0.29) is 51.5 Å². The largest absolute Gasteiger partial charge is 0.493 e. The summed E-state index contributed by atoms with van der Waals surface area (Å²) >= 11 is 0. The molecule has 2 atom stereocenters. The van der Waals surface area contributed by atoms with E-state index in [4.69, 9.17) is 92.0 Å². The first-order chi connectivity index (χ1) is 41.2. The van der Waals surface area contributed by atoms with E-state index >= 15 is 0 Å². The van der Waals surface area contributed by atoms with Crippen LogP contribution in [0.3, 0.4) is 0 Å². The van der Waals surface area contributed by atoms with Crippen LogP contribution >= 0.6 is 0 Å². The van der Waals surface area contributed by atoms with Gasteiger partial charge in [0.25, 0.3) is 0 Å². The highest BCUT2D eigenvalue weighted by Crippen LogP contribution is 2.40. The molecule has 0 saturated carbocycles. The van der Waals surface area contributed by atoms with Crippen molar-refractivity contribution in [3.8, 4) is 40.1 Å². The molecule has 0 saturated heterocycles. The van der Waals surface area contributed by atoms with Crippen molar-refractivity contribution in [3.63, 3.8) is 0 Å². The SMILES string of the molecule is CC[C@H](C)COc1cc(/C=C/c2cc(OCCOCCOCCOCCOC)c(OCCOCCOCCOCCOC)c(OCCOCCOCCOCCOC)c2)c(OC[C@@H](C)CC)cc1/C=C/c1ccc(-c2nc(N)nc(N)n2)cc1. The van der Waals surface area contributed by atoms with Gasteiger partial charge in [-0.3, -0.25) is 0 Å². The topological polar surface area (TPSA) is 248 Å². The minimum absolute atomic E-state index is 0.0588. The quantitative estimate of drug-likeness (QED) is 0.0313. The molecule has 0 spiro atoms. The summed E-state index contributed by atoms with van der Waals surface area (Å²) in [7, 11) is 4.91. The molecule has 84 heavy (non-hydrogen) atoms. The summed E-state index contributed by atoms with van der Waals surface area (Å²) in [4.78, 5) is 12.4. The Hall–Kier alpha value is -5.73. The van der Waals surface area contributed by atoms with Crippen LogP contribution in [-0.2, 0) is 56.8 Å². The number of hydrogen-bond donors (Lipinski definition) is 2.